The Bertz CT molecular complexity index is 741. The molecule has 4 aliphatic rings. The highest BCUT2D eigenvalue weighted by Gasteiger charge is 2.56. The van der Waals surface area contributed by atoms with Gasteiger partial charge in [-0.15, -0.1) is 0 Å². The molecule has 4 rings (SSSR count). The molecular weight excluding hydrogens is 324 g/mol. The van der Waals surface area contributed by atoms with E-state index in [9.17, 15) is 14.7 Å². The van der Waals surface area contributed by atoms with Crippen molar-refractivity contribution in [1.29, 1.82) is 0 Å². The van der Waals surface area contributed by atoms with Crippen LogP contribution in [-0.4, -0.2) is 35.5 Å². The van der Waals surface area contributed by atoms with Crippen molar-refractivity contribution in [2.75, 3.05) is 0 Å². The number of carbonyl (C=O) groups excluding carboxylic acids is 2. The summed E-state index contributed by atoms with van der Waals surface area (Å²) in [6.07, 6.45) is 3.70. The first kappa shape index (κ1) is 16.4. The molecule has 0 aromatic rings. The molecule has 0 spiro atoms. The number of esters is 2. The molecule has 0 saturated carbocycles. The van der Waals surface area contributed by atoms with Gasteiger partial charge in [0, 0.05) is 11.6 Å². The summed E-state index contributed by atoms with van der Waals surface area (Å²) in [6, 6.07) is 0. The summed E-state index contributed by atoms with van der Waals surface area (Å²) >= 11 is 0. The van der Waals surface area contributed by atoms with Gasteiger partial charge in [0.1, 0.15) is 6.10 Å². The summed E-state index contributed by atoms with van der Waals surface area (Å²) in [5.74, 6) is -1.36. The van der Waals surface area contributed by atoms with Crippen LogP contribution in [-0.2, 0) is 23.8 Å². The molecule has 0 unspecified atom stereocenters. The molecule has 6 nitrogen and oxygen atoms in total. The lowest BCUT2D eigenvalue weighted by Crippen LogP contribution is -2.27. The van der Waals surface area contributed by atoms with Gasteiger partial charge in [0.05, 0.1) is 23.9 Å². The van der Waals surface area contributed by atoms with Gasteiger partial charge in [-0.3, -0.25) is 0 Å². The molecule has 0 bridgehead atoms. The number of cyclic esters (lactones) is 1. The van der Waals surface area contributed by atoms with Crippen molar-refractivity contribution in [3.8, 4) is 0 Å². The van der Waals surface area contributed by atoms with E-state index in [1.807, 2.05) is 0 Å². The van der Waals surface area contributed by atoms with E-state index in [0.29, 0.717) is 11.1 Å². The number of hydrogen-bond donors (Lipinski definition) is 1. The fourth-order valence-corrected chi connectivity index (χ4v) is 4.49. The summed E-state index contributed by atoms with van der Waals surface area (Å²) in [5, 5.41) is 10.8. The van der Waals surface area contributed by atoms with E-state index in [2.05, 4.69) is 13.8 Å². The van der Waals surface area contributed by atoms with E-state index in [0.717, 1.165) is 30.4 Å². The van der Waals surface area contributed by atoms with Gasteiger partial charge in [-0.1, -0.05) is 13.8 Å². The zero-order chi connectivity index (χ0) is 17.9. The molecule has 0 aromatic heterocycles. The van der Waals surface area contributed by atoms with Gasteiger partial charge >= 0.3 is 11.9 Å². The van der Waals surface area contributed by atoms with E-state index in [1.54, 1.807) is 13.0 Å². The third-order valence-corrected chi connectivity index (χ3v) is 5.72. The van der Waals surface area contributed by atoms with E-state index in [4.69, 9.17) is 14.2 Å². The van der Waals surface area contributed by atoms with Crippen molar-refractivity contribution in [3.05, 3.63) is 34.6 Å². The van der Waals surface area contributed by atoms with E-state index in [-0.39, 0.29) is 5.41 Å². The van der Waals surface area contributed by atoms with Crippen LogP contribution in [0.4, 0.5) is 0 Å². The number of aliphatic hydroxyl groups is 1. The first-order chi connectivity index (χ1) is 11.8. The van der Waals surface area contributed by atoms with Crippen LogP contribution in [0.2, 0.25) is 0 Å². The minimum absolute atomic E-state index is 0.0919. The molecule has 2 heterocycles. The van der Waals surface area contributed by atoms with Gasteiger partial charge in [-0.25, -0.2) is 9.59 Å². The Morgan fingerprint density at radius 3 is 2.72 bits per heavy atom. The molecule has 1 fully saturated rings. The highest BCUT2D eigenvalue weighted by Crippen LogP contribution is 2.54. The van der Waals surface area contributed by atoms with Crippen LogP contribution in [0.15, 0.2) is 34.6 Å². The molecule has 2 aliphatic heterocycles. The summed E-state index contributed by atoms with van der Waals surface area (Å²) in [7, 11) is 0. The van der Waals surface area contributed by atoms with Crippen molar-refractivity contribution in [2.45, 2.75) is 58.5 Å². The third-order valence-electron chi connectivity index (χ3n) is 5.72. The van der Waals surface area contributed by atoms with Gasteiger partial charge < -0.3 is 19.3 Å². The van der Waals surface area contributed by atoms with Crippen LogP contribution < -0.4 is 0 Å². The van der Waals surface area contributed by atoms with Crippen molar-refractivity contribution < 1.29 is 28.9 Å². The smallest absolute Gasteiger partial charge is 0.338 e. The fraction of sp³-hybridized carbons (Fsp3) is 0.579. The predicted molar refractivity (Wildman–Crippen MR) is 86.8 cm³/mol. The Morgan fingerprint density at radius 1 is 1.28 bits per heavy atom. The summed E-state index contributed by atoms with van der Waals surface area (Å²) in [6.45, 7) is 5.90. The Morgan fingerprint density at radius 2 is 2.04 bits per heavy atom. The van der Waals surface area contributed by atoms with Crippen molar-refractivity contribution >= 4 is 11.9 Å². The Labute approximate surface area is 146 Å². The number of rotatable bonds is 2. The standard InChI is InChI=1S/C19H22O6/c1-9-7-12(24-17(9)21)23-8-11-13-15(20)10-5-4-6-19(2,3)14(10)16(13)25-18(11)22/h7-8,12-13,15-16,20H,4-6H2,1-3H3/b11-8+/t12-,13-,15+,16-/m0/s1. The molecular formula is C19H22O6. The van der Waals surface area contributed by atoms with Gasteiger partial charge in [0.15, 0.2) is 0 Å². The molecule has 0 amide bonds. The predicted octanol–water partition coefficient (Wildman–Crippen LogP) is 2.14. The second-order valence-corrected chi connectivity index (χ2v) is 7.81. The van der Waals surface area contributed by atoms with Crippen molar-refractivity contribution in [2.24, 2.45) is 11.3 Å². The summed E-state index contributed by atoms with van der Waals surface area (Å²) in [5.41, 5.74) is 2.75. The average molecular weight is 346 g/mol. The molecule has 0 radical (unpaired) electrons. The van der Waals surface area contributed by atoms with Gasteiger partial charge in [0.25, 0.3) is 6.29 Å². The van der Waals surface area contributed by atoms with Crippen molar-refractivity contribution in [3.63, 3.8) is 0 Å². The molecule has 0 aromatic carbocycles. The molecule has 1 N–H and O–H groups in total. The lowest BCUT2D eigenvalue weighted by atomic mass is 9.72. The van der Waals surface area contributed by atoms with Crippen LogP contribution in [0.25, 0.3) is 0 Å². The Balaban J connectivity index is 1.60. The Kier molecular flexibility index (Phi) is 3.58. The van der Waals surface area contributed by atoms with E-state index < -0.39 is 36.4 Å². The maximum atomic E-state index is 12.3. The minimum Gasteiger partial charge on any atom is -0.458 e. The number of aliphatic hydroxyl groups excluding tert-OH is 1. The first-order valence-electron chi connectivity index (χ1n) is 8.67. The molecule has 1 saturated heterocycles. The topological polar surface area (TPSA) is 82.1 Å². The lowest BCUT2D eigenvalue weighted by Gasteiger charge is -2.34. The Hall–Kier alpha value is -2.08. The number of carbonyl (C=O) groups is 2. The van der Waals surface area contributed by atoms with Gasteiger partial charge in [-0.05, 0) is 42.7 Å². The molecule has 2 aliphatic carbocycles. The van der Waals surface area contributed by atoms with Crippen LogP contribution >= 0.6 is 0 Å². The zero-order valence-electron chi connectivity index (χ0n) is 14.6. The summed E-state index contributed by atoms with van der Waals surface area (Å²) < 4.78 is 16.1. The number of hydrogen-bond acceptors (Lipinski definition) is 6. The van der Waals surface area contributed by atoms with Crippen LogP contribution in [0, 0.1) is 11.3 Å². The average Bonchev–Trinajstić information content (AvgIpc) is 3.11. The third kappa shape index (κ3) is 2.42. The van der Waals surface area contributed by atoms with Crippen LogP contribution in [0.1, 0.15) is 40.0 Å². The minimum atomic E-state index is -0.843. The second-order valence-electron chi connectivity index (χ2n) is 7.81. The van der Waals surface area contributed by atoms with Gasteiger partial charge in [0.2, 0.25) is 0 Å². The van der Waals surface area contributed by atoms with Crippen LogP contribution in [0.3, 0.4) is 0 Å². The fourth-order valence-electron chi connectivity index (χ4n) is 4.49. The van der Waals surface area contributed by atoms with Crippen LogP contribution in [0.5, 0.6) is 0 Å². The highest BCUT2D eigenvalue weighted by atomic mass is 16.7. The SMILES string of the molecule is CC1=C[C@@H](O/C=C2/C(=O)O[C@@H]3C4=C(CCCC4(C)C)[C@@H](O)[C@H]23)OC1=O. The molecule has 4 atom stereocenters. The first-order valence-corrected chi connectivity index (χ1v) is 8.67. The molecule has 25 heavy (non-hydrogen) atoms. The normalized spacial score (nSPS) is 37.6. The van der Waals surface area contributed by atoms with Crippen molar-refractivity contribution in [1.82, 2.24) is 0 Å². The summed E-state index contributed by atoms with van der Waals surface area (Å²) in [4.78, 5) is 23.7. The quantitative estimate of drug-likeness (QED) is 0.357. The zero-order valence-corrected chi connectivity index (χ0v) is 14.6. The highest BCUT2D eigenvalue weighted by molar-refractivity contribution is 5.93. The number of fused-ring (bicyclic) bond motifs is 2. The molecule has 134 valence electrons. The number of ether oxygens (including phenoxy) is 3. The second kappa shape index (κ2) is 5.46. The maximum Gasteiger partial charge on any atom is 0.338 e. The maximum absolute atomic E-state index is 12.3. The monoisotopic (exact) mass is 346 g/mol. The lowest BCUT2D eigenvalue weighted by molar-refractivity contribution is -0.152. The largest absolute Gasteiger partial charge is 0.458 e. The van der Waals surface area contributed by atoms with E-state index in [1.165, 1.54) is 6.26 Å². The van der Waals surface area contributed by atoms with Gasteiger partial charge in [-0.2, -0.15) is 0 Å². The molecule has 6 heteroatoms. The van der Waals surface area contributed by atoms with E-state index >= 15 is 0 Å².